The number of hydrogen-bond donors (Lipinski definition) is 0. The molecule has 2 unspecified atom stereocenters. The third kappa shape index (κ3) is 7.07. The molecule has 0 radical (unpaired) electrons. The maximum Gasteiger partial charge on any atom is 0.460 e. The molecule has 1 aliphatic heterocycles. The molecule has 222 valence electrons. The van der Waals surface area contributed by atoms with E-state index in [1.807, 2.05) is 58.0 Å². The average Bonchev–Trinajstić information content (AvgIpc) is 3.59. The highest BCUT2D eigenvalue weighted by Crippen LogP contribution is 2.51. The summed E-state index contributed by atoms with van der Waals surface area (Å²) in [7, 11) is 0. The molecule has 1 saturated heterocycles. The minimum absolute atomic E-state index is 0.0367. The number of hydrogen-bond acceptors (Lipinski definition) is 5. The Hall–Kier alpha value is -1.89. The van der Waals surface area contributed by atoms with Crippen molar-refractivity contribution in [1.82, 2.24) is 0 Å². The van der Waals surface area contributed by atoms with Crippen LogP contribution in [0.15, 0.2) is 30.3 Å². The van der Waals surface area contributed by atoms with E-state index in [9.17, 15) is 40.3 Å². The van der Waals surface area contributed by atoms with Crippen LogP contribution in [0.5, 0.6) is 0 Å². The summed E-state index contributed by atoms with van der Waals surface area (Å²) >= 11 is 3.72. The van der Waals surface area contributed by atoms with Crippen LogP contribution < -0.4 is 0 Å². The molecule has 39 heavy (non-hydrogen) atoms. The predicted molar refractivity (Wildman–Crippen MR) is 131 cm³/mol. The lowest BCUT2D eigenvalue weighted by Crippen LogP contribution is -2.55. The van der Waals surface area contributed by atoms with Gasteiger partial charge in [-0.1, -0.05) is 60.1 Å². The number of ether oxygens (including phenoxy) is 3. The van der Waals surface area contributed by atoms with E-state index in [4.69, 9.17) is 9.47 Å². The van der Waals surface area contributed by atoms with Crippen LogP contribution in [-0.4, -0.2) is 59.7 Å². The fourth-order valence-corrected chi connectivity index (χ4v) is 4.21. The molecule has 1 fully saturated rings. The quantitative estimate of drug-likeness (QED) is 0.106. The summed E-state index contributed by atoms with van der Waals surface area (Å²) in [6, 6.07) is 9.65. The Morgan fingerprint density at radius 2 is 1.46 bits per heavy atom. The summed E-state index contributed by atoms with van der Waals surface area (Å²) in [5.74, 6) is -14.6. The number of rotatable bonds is 12. The summed E-state index contributed by atoms with van der Waals surface area (Å²) in [5, 5.41) is 0. The van der Waals surface area contributed by atoms with Gasteiger partial charge in [0.2, 0.25) is 5.60 Å². The number of epoxide rings is 1. The normalized spacial score (nSPS) is 19.8. The molecule has 0 amide bonds. The Kier molecular flexibility index (Phi) is 9.25. The van der Waals surface area contributed by atoms with E-state index < -0.39 is 66.2 Å². The van der Waals surface area contributed by atoms with Crippen LogP contribution in [-0.2, 0) is 23.8 Å². The lowest BCUT2D eigenvalue weighted by Gasteiger charge is -2.44. The third-order valence-corrected chi connectivity index (χ3v) is 8.00. The second-order valence-corrected chi connectivity index (χ2v) is 13.5. The van der Waals surface area contributed by atoms with Crippen molar-refractivity contribution in [2.45, 2.75) is 81.8 Å². The predicted octanol–water partition coefficient (Wildman–Crippen LogP) is 7.07. The van der Waals surface area contributed by atoms with Crippen LogP contribution in [0.4, 0.5) is 30.7 Å². The number of carbonyl (C=O) groups is 2. The zero-order valence-corrected chi connectivity index (χ0v) is 23.9. The van der Waals surface area contributed by atoms with Crippen LogP contribution in [0, 0.1) is 10.8 Å². The Morgan fingerprint density at radius 3 is 1.90 bits per heavy atom. The molecular formula is C26H32BrF7O5. The molecule has 0 N–H and O–H groups in total. The molecule has 1 aromatic rings. The number of benzene rings is 1. The molecule has 1 aliphatic rings. The first kappa shape index (κ1) is 33.3. The van der Waals surface area contributed by atoms with Gasteiger partial charge >= 0.3 is 30.0 Å². The second kappa shape index (κ2) is 10.8. The van der Waals surface area contributed by atoms with Gasteiger partial charge in [0, 0.05) is 4.32 Å². The van der Waals surface area contributed by atoms with Crippen LogP contribution >= 0.6 is 15.9 Å². The first-order valence-corrected chi connectivity index (χ1v) is 12.8. The van der Waals surface area contributed by atoms with Gasteiger partial charge in [-0.2, -0.15) is 30.7 Å². The maximum atomic E-state index is 13.5. The first-order chi connectivity index (χ1) is 17.4. The zero-order chi connectivity index (χ0) is 30.3. The van der Waals surface area contributed by atoms with Gasteiger partial charge in [-0.25, -0.2) is 4.79 Å². The van der Waals surface area contributed by atoms with Crippen LogP contribution in [0.1, 0.15) is 59.4 Å². The fraction of sp³-hybridized carbons (Fsp3) is 0.692. The lowest BCUT2D eigenvalue weighted by atomic mass is 9.62. The summed E-state index contributed by atoms with van der Waals surface area (Å²) in [6.45, 7) is 7.20. The molecule has 0 aromatic heterocycles. The van der Waals surface area contributed by atoms with Crippen molar-refractivity contribution >= 4 is 27.9 Å². The lowest BCUT2D eigenvalue weighted by molar-refractivity contribution is -0.360. The molecule has 2 rings (SSSR count). The van der Waals surface area contributed by atoms with Crippen molar-refractivity contribution in [2.24, 2.45) is 10.8 Å². The number of esters is 2. The Morgan fingerprint density at radius 1 is 0.949 bits per heavy atom. The fourth-order valence-electron chi connectivity index (χ4n) is 3.78. The van der Waals surface area contributed by atoms with Gasteiger partial charge in [0.15, 0.2) is 6.61 Å². The van der Waals surface area contributed by atoms with Crippen LogP contribution in [0.2, 0.25) is 0 Å². The Bertz CT molecular complexity index is 1030. The monoisotopic (exact) mass is 636 g/mol. The van der Waals surface area contributed by atoms with Gasteiger partial charge in [-0.3, -0.25) is 4.79 Å². The van der Waals surface area contributed by atoms with Gasteiger partial charge in [0.1, 0.15) is 6.61 Å². The summed E-state index contributed by atoms with van der Waals surface area (Å²) in [6.07, 6.45) is -6.04. The summed E-state index contributed by atoms with van der Waals surface area (Å²) in [5.41, 5.74) is -2.87. The van der Waals surface area contributed by atoms with Crippen molar-refractivity contribution < 1.29 is 54.5 Å². The van der Waals surface area contributed by atoms with Crippen molar-refractivity contribution in [3.05, 3.63) is 35.9 Å². The second-order valence-electron chi connectivity index (χ2n) is 11.5. The van der Waals surface area contributed by atoms with Gasteiger partial charge < -0.3 is 14.2 Å². The van der Waals surface area contributed by atoms with Crippen molar-refractivity contribution in [3.63, 3.8) is 0 Å². The maximum absolute atomic E-state index is 13.5. The van der Waals surface area contributed by atoms with E-state index in [1.54, 1.807) is 13.8 Å². The van der Waals surface area contributed by atoms with Gasteiger partial charge in [0.05, 0.1) is 12.0 Å². The van der Waals surface area contributed by atoms with Crippen molar-refractivity contribution in [1.29, 1.82) is 0 Å². The minimum atomic E-state index is -6.56. The zero-order valence-electron chi connectivity index (χ0n) is 22.4. The molecule has 0 spiro atoms. The van der Waals surface area contributed by atoms with E-state index in [-0.39, 0.29) is 10.2 Å². The Labute approximate surface area is 230 Å². The van der Waals surface area contributed by atoms with E-state index >= 15 is 0 Å². The van der Waals surface area contributed by atoms with E-state index in [2.05, 4.69) is 20.7 Å². The molecule has 2 atom stereocenters. The standard InChI is InChI=1S/C26H32BrF7O5/c1-20(2,12-17(22(5,6)27)16-10-8-7-9-11-16)21(3,4)18(35)37-13-23(14-39-23)19(36)38-15-24(28,29)25(30,31)26(32,33)34/h7-11,17H,12-15H2,1-6H3. The minimum Gasteiger partial charge on any atom is -0.461 e. The molecule has 1 heterocycles. The summed E-state index contributed by atoms with van der Waals surface area (Å²) in [4.78, 5) is 25.4. The van der Waals surface area contributed by atoms with E-state index in [1.165, 1.54) is 0 Å². The van der Waals surface area contributed by atoms with Crippen LogP contribution in [0.3, 0.4) is 0 Å². The topological polar surface area (TPSA) is 65.1 Å². The summed E-state index contributed by atoms with van der Waals surface area (Å²) < 4.78 is 104. The average molecular weight is 637 g/mol. The highest BCUT2D eigenvalue weighted by molar-refractivity contribution is 9.10. The molecule has 13 heteroatoms. The molecule has 5 nitrogen and oxygen atoms in total. The first-order valence-electron chi connectivity index (χ1n) is 12.0. The van der Waals surface area contributed by atoms with Gasteiger partial charge in [-0.05, 0) is 51.0 Å². The Balaban J connectivity index is 2.08. The van der Waals surface area contributed by atoms with Gasteiger partial charge in [0.25, 0.3) is 0 Å². The number of alkyl halides is 8. The van der Waals surface area contributed by atoms with Gasteiger partial charge in [-0.15, -0.1) is 0 Å². The van der Waals surface area contributed by atoms with Crippen molar-refractivity contribution in [2.75, 3.05) is 19.8 Å². The third-order valence-electron chi connectivity index (χ3n) is 7.45. The molecule has 0 saturated carbocycles. The van der Waals surface area contributed by atoms with Crippen molar-refractivity contribution in [3.8, 4) is 0 Å². The number of halogens is 8. The highest BCUT2D eigenvalue weighted by Gasteiger charge is 2.73. The van der Waals surface area contributed by atoms with E-state index in [0.717, 1.165) is 5.56 Å². The molecule has 0 bridgehead atoms. The SMILES string of the molecule is CC(C)(Br)C(CC(C)(C)C(C)(C)C(=O)OCC1(C(=O)OCC(F)(F)C(F)(F)C(F)(F)F)CO1)c1ccccc1. The highest BCUT2D eigenvalue weighted by atomic mass is 79.9. The van der Waals surface area contributed by atoms with E-state index in [0.29, 0.717) is 6.42 Å². The molecule has 0 aliphatic carbocycles. The van der Waals surface area contributed by atoms with Crippen LogP contribution in [0.25, 0.3) is 0 Å². The largest absolute Gasteiger partial charge is 0.461 e. The molecular weight excluding hydrogens is 605 g/mol. The smallest absolute Gasteiger partial charge is 0.460 e. The number of carbonyl (C=O) groups excluding carboxylic acids is 2. The molecule has 1 aromatic carbocycles.